The molecule has 146 valence electrons. The summed E-state index contributed by atoms with van der Waals surface area (Å²) in [5, 5.41) is 3.10. The molecule has 3 aromatic rings. The van der Waals surface area contributed by atoms with E-state index in [0.29, 0.717) is 18.0 Å². The van der Waals surface area contributed by atoms with E-state index in [1.54, 1.807) is 6.26 Å². The molecular formula is C22H26N4O2. The number of aromatic nitrogens is 2. The summed E-state index contributed by atoms with van der Waals surface area (Å²) in [4.78, 5) is 24.1. The smallest absolute Gasteiger partial charge is 0.251 e. The van der Waals surface area contributed by atoms with E-state index in [4.69, 9.17) is 4.42 Å². The minimum Gasteiger partial charge on any atom is -0.468 e. The van der Waals surface area contributed by atoms with Gasteiger partial charge in [-0.1, -0.05) is 0 Å². The SMILES string of the molecule is Cc1nc2ccc(C(=O)NC[C@H]3CCCN(Cc4ccco4)C3)cc2nc1C. The molecule has 1 atom stereocenters. The summed E-state index contributed by atoms with van der Waals surface area (Å²) < 4.78 is 5.46. The number of nitrogens with zero attached hydrogens (tertiary/aromatic N) is 3. The normalized spacial score (nSPS) is 17.7. The topological polar surface area (TPSA) is 71.3 Å². The van der Waals surface area contributed by atoms with Gasteiger partial charge in [0, 0.05) is 18.7 Å². The standard InChI is InChI=1S/C22H26N4O2/c1-15-16(2)25-21-11-18(7-8-20(21)24-15)22(27)23-12-17-5-3-9-26(13-17)14-19-6-4-10-28-19/h4,6-8,10-11,17H,3,5,9,12-14H2,1-2H3,(H,23,27)/t17-/m1/s1. The van der Waals surface area contributed by atoms with Gasteiger partial charge in [0.2, 0.25) is 0 Å². The van der Waals surface area contributed by atoms with Gasteiger partial charge in [0.1, 0.15) is 5.76 Å². The third-order valence-corrected chi connectivity index (χ3v) is 5.45. The highest BCUT2D eigenvalue weighted by atomic mass is 16.3. The predicted octanol–water partition coefficient (Wildman–Crippen LogP) is 3.48. The minimum atomic E-state index is -0.0508. The monoisotopic (exact) mass is 378 g/mol. The zero-order chi connectivity index (χ0) is 19.5. The number of carbonyl (C=O) groups is 1. The van der Waals surface area contributed by atoms with Gasteiger partial charge in [0.05, 0.1) is 35.2 Å². The van der Waals surface area contributed by atoms with Crippen molar-refractivity contribution in [1.29, 1.82) is 0 Å². The Hall–Kier alpha value is -2.73. The maximum atomic E-state index is 12.6. The first-order valence-electron chi connectivity index (χ1n) is 9.86. The quantitative estimate of drug-likeness (QED) is 0.736. The second-order valence-corrected chi connectivity index (χ2v) is 7.63. The lowest BCUT2D eigenvalue weighted by atomic mass is 9.97. The number of rotatable bonds is 5. The van der Waals surface area contributed by atoms with Gasteiger partial charge in [-0.3, -0.25) is 9.69 Å². The fourth-order valence-electron chi connectivity index (χ4n) is 3.80. The maximum absolute atomic E-state index is 12.6. The largest absolute Gasteiger partial charge is 0.468 e. The van der Waals surface area contributed by atoms with E-state index < -0.39 is 0 Å². The number of amides is 1. The lowest BCUT2D eigenvalue weighted by Crippen LogP contribution is -2.40. The first-order chi connectivity index (χ1) is 13.6. The van der Waals surface area contributed by atoms with Gasteiger partial charge in [0.15, 0.2) is 0 Å². The summed E-state index contributed by atoms with van der Waals surface area (Å²) in [6.45, 7) is 7.45. The van der Waals surface area contributed by atoms with Crippen LogP contribution in [0.25, 0.3) is 11.0 Å². The van der Waals surface area contributed by atoms with Gasteiger partial charge < -0.3 is 9.73 Å². The Morgan fingerprint density at radius 2 is 2.04 bits per heavy atom. The fourth-order valence-corrected chi connectivity index (χ4v) is 3.80. The van der Waals surface area contributed by atoms with Gasteiger partial charge in [0.25, 0.3) is 5.91 Å². The molecule has 0 aliphatic carbocycles. The number of hydrogen-bond donors (Lipinski definition) is 1. The summed E-state index contributed by atoms with van der Waals surface area (Å²) in [7, 11) is 0. The number of hydrogen-bond acceptors (Lipinski definition) is 5. The number of aryl methyl sites for hydroxylation is 2. The van der Waals surface area contributed by atoms with Gasteiger partial charge in [-0.2, -0.15) is 0 Å². The Kier molecular flexibility index (Phi) is 5.39. The van der Waals surface area contributed by atoms with Crippen LogP contribution in [0.5, 0.6) is 0 Å². The Balaban J connectivity index is 1.36. The number of nitrogens with one attached hydrogen (secondary N) is 1. The molecule has 3 heterocycles. The molecule has 6 heteroatoms. The van der Waals surface area contributed by atoms with E-state index in [1.807, 2.05) is 44.2 Å². The minimum absolute atomic E-state index is 0.0508. The number of fused-ring (bicyclic) bond motifs is 1. The fraction of sp³-hybridized carbons (Fsp3) is 0.409. The molecule has 1 fully saturated rings. The van der Waals surface area contributed by atoms with Crippen molar-refractivity contribution >= 4 is 16.9 Å². The van der Waals surface area contributed by atoms with Crippen molar-refractivity contribution in [2.24, 2.45) is 5.92 Å². The zero-order valence-corrected chi connectivity index (χ0v) is 16.4. The molecule has 1 aromatic carbocycles. The van der Waals surface area contributed by atoms with Crippen molar-refractivity contribution in [1.82, 2.24) is 20.2 Å². The van der Waals surface area contributed by atoms with E-state index in [1.165, 1.54) is 0 Å². The van der Waals surface area contributed by atoms with Crippen molar-refractivity contribution in [3.8, 4) is 0 Å². The van der Waals surface area contributed by atoms with Crippen LogP contribution in [0, 0.1) is 19.8 Å². The first-order valence-corrected chi connectivity index (χ1v) is 9.86. The van der Waals surface area contributed by atoms with Crippen molar-refractivity contribution in [3.63, 3.8) is 0 Å². The summed E-state index contributed by atoms with van der Waals surface area (Å²) in [6.07, 6.45) is 4.00. The average molecular weight is 378 g/mol. The molecule has 0 unspecified atom stereocenters. The van der Waals surface area contributed by atoms with Gasteiger partial charge >= 0.3 is 0 Å². The van der Waals surface area contributed by atoms with Crippen LogP contribution in [0.2, 0.25) is 0 Å². The van der Waals surface area contributed by atoms with Crippen molar-refractivity contribution in [2.75, 3.05) is 19.6 Å². The lowest BCUT2D eigenvalue weighted by molar-refractivity contribution is 0.0928. The summed E-state index contributed by atoms with van der Waals surface area (Å²) >= 11 is 0. The number of furan rings is 1. The van der Waals surface area contributed by atoms with Gasteiger partial charge in [-0.25, -0.2) is 9.97 Å². The third kappa shape index (κ3) is 4.22. The van der Waals surface area contributed by atoms with Crippen molar-refractivity contribution in [2.45, 2.75) is 33.2 Å². The van der Waals surface area contributed by atoms with E-state index >= 15 is 0 Å². The first kappa shape index (κ1) is 18.6. The molecule has 0 bridgehead atoms. The Morgan fingerprint density at radius 1 is 1.21 bits per heavy atom. The molecule has 1 saturated heterocycles. The van der Waals surface area contributed by atoms with Crippen LogP contribution in [-0.4, -0.2) is 40.4 Å². The summed E-state index contributed by atoms with van der Waals surface area (Å²) in [5.74, 6) is 1.40. The van der Waals surface area contributed by atoms with Crippen LogP contribution in [0.1, 0.15) is 40.3 Å². The van der Waals surface area contributed by atoms with E-state index in [9.17, 15) is 4.79 Å². The Bertz CT molecular complexity index is 968. The molecular weight excluding hydrogens is 352 g/mol. The Labute approximate surface area is 165 Å². The molecule has 2 aromatic heterocycles. The molecule has 1 N–H and O–H groups in total. The maximum Gasteiger partial charge on any atom is 0.251 e. The molecule has 28 heavy (non-hydrogen) atoms. The highest BCUT2D eigenvalue weighted by Gasteiger charge is 2.21. The molecule has 0 spiro atoms. The van der Waals surface area contributed by atoms with Crippen LogP contribution in [0.15, 0.2) is 41.0 Å². The van der Waals surface area contributed by atoms with E-state index in [2.05, 4.69) is 20.2 Å². The number of benzene rings is 1. The predicted molar refractivity (Wildman–Crippen MR) is 108 cm³/mol. The Morgan fingerprint density at radius 3 is 2.82 bits per heavy atom. The highest BCUT2D eigenvalue weighted by Crippen LogP contribution is 2.19. The third-order valence-electron chi connectivity index (χ3n) is 5.45. The average Bonchev–Trinajstić information content (AvgIpc) is 3.20. The number of carbonyl (C=O) groups excluding carboxylic acids is 1. The summed E-state index contributed by atoms with van der Waals surface area (Å²) in [6, 6.07) is 9.46. The van der Waals surface area contributed by atoms with Gasteiger partial charge in [-0.05, 0) is 69.5 Å². The van der Waals surface area contributed by atoms with Crippen LogP contribution in [0.3, 0.4) is 0 Å². The second-order valence-electron chi connectivity index (χ2n) is 7.63. The molecule has 1 amide bonds. The van der Waals surface area contributed by atoms with Gasteiger partial charge in [-0.15, -0.1) is 0 Å². The second kappa shape index (κ2) is 8.10. The van der Waals surface area contributed by atoms with E-state index in [-0.39, 0.29) is 5.91 Å². The molecule has 4 rings (SSSR count). The van der Waals surface area contributed by atoms with E-state index in [0.717, 1.165) is 60.7 Å². The molecule has 6 nitrogen and oxygen atoms in total. The molecule has 1 aliphatic heterocycles. The van der Waals surface area contributed by atoms with Crippen LogP contribution < -0.4 is 5.32 Å². The van der Waals surface area contributed by atoms with Crippen LogP contribution in [-0.2, 0) is 6.54 Å². The number of piperidine rings is 1. The summed E-state index contributed by atoms with van der Waals surface area (Å²) in [5.41, 5.74) is 4.02. The molecule has 0 radical (unpaired) electrons. The van der Waals surface area contributed by atoms with Crippen LogP contribution in [0.4, 0.5) is 0 Å². The lowest BCUT2D eigenvalue weighted by Gasteiger charge is -2.32. The highest BCUT2D eigenvalue weighted by molar-refractivity contribution is 5.97. The number of likely N-dealkylation sites (tertiary alicyclic amines) is 1. The van der Waals surface area contributed by atoms with Crippen molar-refractivity contribution in [3.05, 3.63) is 59.3 Å². The molecule has 0 saturated carbocycles. The van der Waals surface area contributed by atoms with Crippen molar-refractivity contribution < 1.29 is 9.21 Å². The zero-order valence-electron chi connectivity index (χ0n) is 16.4. The van der Waals surface area contributed by atoms with Crippen LogP contribution >= 0.6 is 0 Å². The molecule has 1 aliphatic rings.